The number of halogens is 2. The summed E-state index contributed by atoms with van der Waals surface area (Å²) in [6.07, 6.45) is 1.74. The lowest BCUT2D eigenvalue weighted by Crippen LogP contribution is -2.29. The van der Waals surface area contributed by atoms with E-state index in [1.807, 2.05) is 13.1 Å². The minimum atomic E-state index is -0.348. The number of rotatable bonds is 5. The van der Waals surface area contributed by atoms with Gasteiger partial charge in [-0.3, -0.25) is 0 Å². The van der Waals surface area contributed by atoms with Crippen LogP contribution in [0.2, 0.25) is 5.02 Å². The topological polar surface area (TPSA) is 12.0 Å². The maximum Gasteiger partial charge on any atom is 0.142 e. The summed E-state index contributed by atoms with van der Waals surface area (Å²) in [6, 6.07) is 7.44. The van der Waals surface area contributed by atoms with Crippen LogP contribution in [-0.2, 0) is 12.8 Å². The standard InChI is InChI=1S/C14H15ClFNS/c1-17-12(7-11-4-5-18-9-11)6-10-2-3-13(15)14(16)8-10/h2-5,8-9,12,17H,6-7H2,1H3. The monoisotopic (exact) mass is 283 g/mol. The first kappa shape index (κ1) is 13.5. The van der Waals surface area contributed by atoms with Gasteiger partial charge in [0.15, 0.2) is 0 Å². The maximum atomic E-state index is 13.4. The minimum Gasteiger partial charge on any atom is -0.316 e. The van der Waals surface area contributed by atoms with E-state index in [4.69, 9.17) is 11.6 Å². The summed E-state index contributed by atoms with van der Waals surface area (Å²) in [7, 11) is 1.93. The Hall–Kier alpha value is -0.900. The van der Waals surface area contributed by atoms with Gasteiger partial charge in [0.25, 0.3) is 0 Å². The van der Waals surface area contributed by atoms with Gasteiger partial charge in [-0.05, 0) is 60.0 Å². The van der Waals surface area contributed by atoms with Gasteiger partial charge in [-0.2, -0.15) is 11.3 Å². The Balaban J connectivity index is 2.03. The van der Waals surface area contributed by atoms with Crippen molar-refractivity contribution in [2.45, 2.75) is 18.9 Å². The van der Waals surface area contributed by atoms with E-state index < -0.39 is 0 Å². The fourth-order valence-corrected chi connectivity index (χ4v) is 2.72. The molecule has 0 radical (unpaired) electrons. The number of hydrogen-bond donors (Lipinski definition) is 1. The zero-order valence-corrected chi connectivity index (χ0v) is 11.7. The molecule has 0 spiro atoms. The molecule has 0 amide bonds. The van der Waals surface area contributed by atoms with Crippen LogP contribution in [0, 0.1) is 5.82 Å². The smallest absolute Gasteiger partial charge is 0.142 e. The van der Waals surface area contributed by atoms with Crippen molar-refractivity contribution in [3.8, 4) is 0 Å². The van der Waals surface area contributed by atoms with E-state index in [1.54, 1.807) is 17.4 Å². The lowest BCUT2D eigenvalue weighted by atomic mass is 10.0. The summed E-state index contributed by atoms with van der Waals surface area (Å²) < 4.78 is 13.4. The highest BCUT2D eigenvalue weighted by molar-refractivity contribution is 7.07. The molecule has 0 aliphatic rings. The third-order valence-corrected chi connectivity index (χ3v) is 3.98. The van der Waals surface area contributed by atoms with Crippen molar-refractivity contribution in [1.82, 2.24) is 5.32 Å². The van der Waals surface area contributed by atoms with Crippen LogP contribution in [-0.4, -0.2) is 13.1 Å². The van der Waals surface area contributed by atoms with Gasteiger partial charge >= 0.3 is 0 Å². The van der Waals surface area contributed by atoms with Crippen molar-refractivity contribution in [2.75, 3.05) is 7.05 Å². The zero-order chi connectivity index (χ0) is 13.0. The first-order chi connectivity index (χ1) is 8.69. The maximum absolute atomic E-state index is 13.4. The minimum absolute atomic E-state index is 0.178. The fraction of sp³-hybridized carbons (Fsp3) is 0.286. The average Bonchev–Trinajstić information content (AvgIpc) is 2.86. The van der Waals surface area contributed by atoms with Gasteiger partial charge in [0, 0.05) is 6.04 Å². The van der Waals surface area contributed by atoms with Crippen molar-refractivity contribution in [1.29, 1.82) is 0 Å². The number of hydrogen-bond acceptors (Lipinski definition) is 2. The van der Waals surface area contributed by atoms with Crippen LogP contribution in [0.1, 0.15) is 11.1 Å². The van der Waals surface area contributed by atoms with Crippen LogP contribution in [0.3, 0.4) is 0 Å². The van der Waals surface area contributed by atoms with Gasteiger partial charge in [0.05, 0.1) is 5.02 Å². The molecule has 2 rings (SSSR count). The molecule has 1 heterocycles. The van der Waals surface area contributed by atoms with Gasteiger partial charge in [-0.1, -0.05) is 17.7 Å². The van der Waals surface area contributed by atoms with Crippen LogP contribution in [0.15, 0.2) is 35.0 Å². The molecule has 0 bridgehead atoms. The van der Waals surface area contributed by atoms with Crippen LogP contribution >= 0.6 is 22.9 Å². The lowest BCUT2D eigenvalue weighted by Gasteiger charge is -2.15. The number of likely N-dealkylation sites (N-methyl/N-ethyl adjacent to an activating group) is 1. The molecule has 1 nitrogen and oxygen atoms in total. The molecule has 0 saturated carbocycles. The molecule has 1 unspecified atom stereocenters. The predicted octanol–water partition coefficient (Wildman–Crippen LogP) is 3.91. The molecule has 0 aliphatic carbocycles. The molecular formula is C14H15ClFNS. The third kappa shape index (κ3) is 3.55. The summed E-state index contributed by atoms with van der Waals surface area (Å²) in [5, 5.41) is 7.67. The molecule has 4 heteroatoms. The van der Waals surface area contributed by atoms with Gasteiger partial charge in [0.2, 0.25) is 0 Å². The molecule has 2 aromatic rings. The van der Waals surface area contributed by atoms with Gasteiger partial charge in [0.1, 0.15) is 5.82 Å². The Morgan fingerprint density at radius 3 is 2.67 bits per heavy atom. The van der Waals surface area contributed by atoms with Crippen molar-refractivity contribution in [2.24, 2.45) is 0 Å². The summed E-state index contributed by atoms with van der Waals surface area (Å²) >= 11 is 7.37. The Morgan fingerprint density at radius 2 is 2.06 bits per heavy atom. The Kier molecular flexibility index (Phi) is 4.75. The van der Waals surface area contributed by atoms with E-state index in [9.17, 15) is 4.39 Å². The average molecular weight is 284 g/mol. The summed E-state index contributed by atoms with van der Waals surface area (Å²) in [4.78, 5) is 0. The van der Waals surface area contributed by atoms with Crippen LogP contribution in [0.4, 0.5) is 4.39 Å². The van der Waals surface area contributed by atoms with Gasteiger partial charge in [-0.15, -0.1) is 0 Å². The normalized spacial score (nSPS) is 12.6. The largest absolute Gasteiger partial charge is 0.316 e. The SMILES string of the molecule is CNC(Cc1ccsc1)Cc1ccc(Cl)c(F)c1. The quantitative estimate of drug-likeness (QED) is 0.877. The van der Waals surface area contributed by atoms with Crippen LogP contribution in [0.25, 0.3) is 0 Å². The van der Waals surface area contributed by atoms with Gasteiger partial charge < -0.3 is 5.32 Å². The fourth-order valence-electron chi connectivity index (χ4n) is 1.92. The van der Waals surface area contributed by atoms with Crippen molar-refractivity contribution in [3.05, 3.63) is 57.0 Å². The molecular weight excluding hydrogens is 269 g/mol. The predicted molar refractivity (Wildman–Crippen MR) is 76.0 cm³/mol. The van der Waals surface area contributed by atoms with E-state index in [2.05, 4.69) is 22.1 Å². The molecule has 1 atom stereocenters. The Labute approximate surface area is 116 Å². The van der Waals surface area contributed by atoms with E-state index in [1.165, 1.54) is 11.6 Å². The molecule has 0 fully saturated rings. The number of thiophene rings is 1. The Bertz CT molecular complexity index is 499. The summed E-state index contributed by atoms with van der Waals surface area (Å²) in [5.74, 6) is -0.348. The molecule has 18 heavy (non-hydrogen) atoms. The third-order valence-electron chi connectivity index (χ3n) is 2.94. The number of nitrogens with one attached hydrogen (secondary N) is 1. The second-order valence-electron chi connectivity index (χ2n) is 4.27. The summed E-state index contributed by atoms with van der Waals surface area (Å²) in [6.45, 7) is 0. The zero-order valence-electron chi connectivity index (χ0n) is 10.1. The lowest BCUT2D eigenvalue weighted by molar-refractivity contribution is 0.553. The highest BCUT2D eigenvalue weighted by Gasteiger charge is 2.10. The summed E-state index contributed by atoms with van der Waals surface area (Å²) in [5.41, 5.74) is 2.28. The second-order valence-corrected chi connectivity index (χ2v) is 5.46. The molecule has 1 aromatic carbocycles. The first-order valence-electron chi connectivity index (χ1n) is 5.81. The molecule has 1 aromatic heterocycles. The van der Waals surface area contributed by atoms with E-state index in [0.717, 1.165) is 18.4 Å². The van der Waals surface area contributed by atoms with Crippen molar-refractivity contribution in [3.63, 3.8) is 0 Å². The number of benzene rings is 1. The molecule has 96 valence electrons. The van der Waals surface area contributed by atoms with Gasteiger partial charge in [-0.25, -0.2) is 4.39 Å². The molecule has 1 N–H and O–H groups in total. The highest BCUT2D eigenvalue weighted by atomic mass is 35.5. The van der Waals surface area contributed by atoms with E-state index in [0.29, 0.717) is 6.04 Å². The van der Waals surface area contributed by atoms with Crippen LogP contribution in [0.5, 0.6) is 0 Å². The molecule has 0 aliphatic heterocycles. The second kappa shape index (κ2) is 6.32. The highest BCUT2D eigenvalue weighted by Crippen LogP contribution is 2.18. The van der Waals surface area contributed by atoms with E-state index >= 15 is 0 Å². The van der Waals surface area contributed by atoms with Crippen molar-refractivity contribution >= 4 is 22.9 Å². The van der Waals surface area contributed by atoms with Crippen LogP contribution < -0.4 is 5.32 Å². The van der Waals surface area contributed by atoms with Crippen molar-refractivity contribution < 1.29 is 4.39 Å². The first-order valence-corrected chi connectivity index (χ1v) is 7.13. The Morgan fingerprint density at radius 1 is 1.28 bits per heavy atom. The molecule has 0 saturated heterocycles. The van der Waals surface area contributed by atoms with E-state index in [-0.39, 0.29) is 10.8 Å².